The van der Waals surface area contributed by atoms with Crippen LogP contribution in [0.5, 0.6) is 0 Å². The van der Waals surface area contributed by atoms with E-state index in [2.05, 4.69) is 0 Å². The molecule has 1 aromatic rings. The van der Waals surface area contributed by atoms with Crippen LogP contribution in [0.4, 0.5) is 4.39 Å². The number of halogens is 1. The first-order valence-corrected chi connectivity index (χ1v) is 4.18. The highest BCUT2D eigenvalue weighted by Crippen LogP contribution is 2.16. The maximum Gasteiger partial charge on any atom is 0.124 e. The molecule has 2 nitrogen and oxygen atoms in total. The normalized spacial score (nSPS) is 11.9. The molecule has 0 radical (unpaired) electrons. The summed E-state index contributed by atoms with van der Waals surface area (Å²) in [6.45, 7) is 3.39. The van der Waals surface area contributed by atoms with Crippen LogP contribution in [0.3, 0.4) is 0 Å². The maximum absolute atomic E-state index is 13.0. The molecule has 1 aromatic carbocycles. The molecule has 0 fully saturated rings. The number of nitrogens with two attached hydrogens (primary N) is 1. The van der Waals surface area contributed by atoms with E-state index in [0.717, 1.165) is 5.56 Å². The molecule has 0 spiro atoms. The molecule has 14 heavy (non-hydrogen) atoms. The molecule has 2 N–H and O–H groups in total. The van der Waals surface area contributed by atoms with Crippen molar-refractivity contribution in [1.29, 1.82) is 5.26 Å². The predicted molar refractivity (Wildman–Crippen MR) is 53.5 cm³/mol. The van der Waals surface area contributed by atoms with Gasteiger partial charge in [0.05, 0.1) is 11.8 Å². The minimum Gasteiger partial charge on any atom is -0.397 e. The van der Waals surface area contributed by atoms with Gasteiger partial charge in [-0.3, -0.25) is 0 Å². The molecule has 0 saturated carbocycles. The van der Waals surface area contributed by atoms with Gasteiger partial charge >= 0.3 is 0 Å². The Bertz CT molecular complexity index is 407. The van der Waals surface area contributed by atoms with E-state index in [1.807, 2.05) is 6.07 Å². The van der Waals surface area contributed by atoms with E-state index < -0.39 is 0 Å². The van der Waals surface area contributed by atoms with Crippen LogP contribution in [0.2, 0.25) is 0 Å². The Morgan fingerprint density at radius 1 is 1.43 bits per heavy atom. The van der Waals surface area contributed by atoms with Crippen molar-refractivity contribution in [3.05, 3.63) is 40.7 Å². The molecule has 0 bridgehead atoms. The smallest absolute Gasteiger partial charge is 0.124 e. The summed E-state index contributed by atoms with van der Waals surface area (Å²) in [4.78, 5) is 0. The first kappa shape index (κ1) is 10.3. The Labute approximate surface area is 82.5 Å². The van der Waals surface area contributed by atoms with Crippen LogP contribution in [-0.2, 0) is 0 Å². The van der Waals surface area contributed by atoms with Gasteiger partial charge in [0.25, 0.3) is 0 Å². The minimum absolute atomic E-state index is 0.329. The fraction of sp³-hybridized carbons (Fsp3) is 0.182. The van der Waals surface area contributed by atoms with Crippen molar-refractivity contribution in [2.45, 2.75) is 13.8 Å². The van der Waals surface area contributed by atoms with Gasteiger partial charge in [0, 0.05) is 11.1 Å². The van der Waals surface area contributed by atoms with E-state index in [1.165, 1.54) is 12.1 Å². The summed E-state index contributed by atoms with van der Waals surface area (Å²) in [5.74, 6) is -0.339. The van der Waals surface area contributed by atoms with Crippen molar-refractivity contribution >= 4 is 5.70 Å². The number of rotatable bonds is 1. The zero-order valence-corrected chi connectivity index (χ0v) is 8.13. The summed E-state index contributed by atoms with van der Waals surface area (Å²) < 4.78 is 13.0. The highest BCUT2D eigenvalue weighted by Gasteiger charge is 2.03. The molecule has 1 rings (SSSR count). The van der Waals surface area contributed by atoms with E-state index in [4.69, 9.17) is 11.0 Å². The molecule has 3 heteroatoms. The van der Waals surface area contributed by atoms with Crippen molar-refractivity contribution in [3.8, 4) is 6.07 Å². The van der Waals surface area contributed by atoms with Gasteiger partial charge in [-0.15, -0.1) is 0 Å². The standard InChI is InChI=1S/C11H11FN2/c1-7-3-9(5-10(12)4-7)11(14)8(2)6-13/h3-5H,14H2,1-2H3/b11-8-. The predicted octanol–water partition coefficient (Wildman–Crippen LogP) is 2.35. The van der Waals surface area contributed by atoms with Crippen molar-refractivity contribution < 1.29 is 4.39 Å². The summed E-state index contributed by atoms with van der Waals surface area (Å²) in [5, 5.41) is 8.62. The Kier molecular flexibility index (Phi) is 2.88. The van der Waals surface area contributed by atoms with Crippen molar-refractivity contribution in [2.24, 2.45) is 5.73 Å². The molecule has 0 unspecified atom stereocenters. The van der Waals surface area contributed by atoms with Crippen LogP contribution in [0.25, 0.3) is 5.70 Å². The monoisotopic (exact) mass is 190 g/mol. The number of nitrogens with zero attached hydrogens (tertiary/aromatic N) is 1. The van der Waals surface area contributed by atoms with E-state index in [1.54, 1.807) is 19.9 Å². The van der Waals surface area contributed by atoms with Gasteiger partial charge in [-0.1, -0.05) is 0 Å². The van der Waals surface area contributed by atoms with Gasteiger partial charge in [0.1, 0.15) is 5.82 Å². The fourth-order valence-corrected chi connectivity index (χ4v) is 1.17. The third-order valence-corrected chi connectivity index (χ3v) is 1.92. The summed E-state index contributed by atoms with van der Waals surface area (Å²) in [6.07, 6.45) is 0. The number of benzene rings is 1. The summed E-state index contributed by atoms with van der Waals surface area (Å²) in [7, 11) is 0. The second-order valence-electron chi connectivity index (χ2n) is 3.17. The summed E-state index contributed by atoms with van der Waals surface area (Å²) in [5.41, 5.74) is 7.75. The van der Waals surface area contributed by atoms with Crippen molar-refractivity contribution in [1.82, 2.24) is 0 Å². The second-order valence-corrected chi connectivity index (χ2v) is 3.17. The third kappa shape index (κ3) is 2.11. The molecule has 0 heterocycles. The Hall–Kier alpha value is -1.82. The van der Waals surface area contributed by atoms with Gasteiger partial charge in [-0.05, 0) is 37.6 Å². The van der Waals surface area contributed by atoms with Crippen LogP contribution in [-0.4, -0.2) is 0 Å². The fourth-order valence-electron chi connectivity index (χ4n) is 1.17. The van der Waals surface area contributed by atoms with E-state index >= 15 is 0 Å². The molecule has 0 atom stereocenters. The lowest BCUT2D eigenvalue weighted by Gasteiger charge is -2.04. The lowest BCUT2D eigenvalue weighted by molar-refractivity contribution is 0.626. The Balaban J connectivity index is 3.28. The van der Waals surface area contributed by atoms with Crippen molar-refractivity contribution in [2.75, 3.05) is 0 Å². The molecule has 72 valence electrons. The lowest BCUT2D eigenvalue weighted by atomic mass is 10.1. The molecular weight excluding hydrogens is 179 g/mol. The highest BCUT2D eigenvalue weighted by molar-refractivity contribution is 5.68. The number of aryl methyl sites for hydroxylation is 1. The molecule has 0 amide bonds. The van der Waals surface area contributed by atoms with Gasteiger partial charge in [0.2, 0.25) is 0 Å². The average molecular weight is 190 g/mol. The lowest BCUT2D eigenvalue weighted by Crippen LogP contribution is -2.00. The van der Waals surface area contributed by atoms with Crippen LogP contribution in [0.1, 0.15) is 18.1 Å². The molecular formula is C11H11FN2. The summed E-state index contributed by atoms with van der Waals surface area (Å²) in [6, 6.07) is 6.42. The van der Waals surface area contributed by atoms with Crippen LogP contribution < -0.4 is 5.73 Å². The second kappa shape index (κ2) is 3.93. The summed E-state index contributed by atoms with van der Waals surface area (Å²) >= 11 is 0. The van der Waals surface area contributed by atoms with Gasteiger partial charge in [-0.25, -0.2) is 4.39 Å². The molecule has 0 aromatic heterocycles. The van der Waals surface area contributed by atoms with Crippen LogP contribution >= 0.6 is 0 Å². The number of nitriles is 1. The van der Waals surface area contributed by atoms with E-state index in [0.29, 0.717) is 16.8 Å². The third-order valence-electron chi connectivity index (χ3n) is 1.92. The average Bonchev–Trinajstić information content (AvgIpc) is 2.14. The van der Waals surface area contributed by atoms with Crippen LogP contribution in [0, 0.1) is 24.1 Å². The van der Waals surface area contributed by atoms with Crippen LogP contribution in [0.15, 0.2) is 23.8 Å². The first-order valence-electron chi connectivity index (χ1n) is 4.18. The quantitative estimate of drug-likeness (QED) is 0.691. The topological polar surface area (TPSA) is 49.8 Å². The first-order chi connectivity index (χ1) is 6.54. The van der Waals surface area contributed by atoms with E-state index in [9.17, 15) is 4.39 Å². The molecule has 0 aliphatic rings. The molecule has 0 saturated heterocycles. The Morgan fingerprint density at radius 2 is 2.07 bits per heavy atom. The molecule has 0 aliphatic carbocycles. The molecule has 0 aliphatic heterocycles. The van der Waals surface area contributed by atoms with Crippen molar-refractivity contribution in [3.63, 3.8) is 0 Å². The number of hydrogen-bond acceptors (Lipinski definition) is 2. The van der Waals surface area contributed by atoms with E-state index in [-0.39, 0.29) is 5.82 Å². The zero-order chi connectivity index (χ0) is 10.7. The van der Waals surface area contributed by atoms with Gasteiger partial charge in [-0.2, -0.15) is 5.26 Å². The van der Waals surface area contributed by atoms with Gasteiger partial charge < -0.3 is 5.73 Å². The van der Waals surface area contributed by atoms with Gasteiger partial charge in [0.15, 0.2) is 0 Å². The SMILES string of the molecule is C/C(C#N)=C(/N)c1cc(C)cc(F)c1. The number of hydrogen-bond donors (Lipinski definition) is 1. The Morgan fingerprint density at radius 3 is 2.57 bits per heavy atom. The minimum atomic E-state index is -0.339. The maximum atomic E-state index is 13.0. The largest absolute Gasteiger partial charge is 0.397 e. The zero-order valence-electron chi connectivity index (χ0n) is 8.13. The highest BCUT2D eigenvalue weighted by atomic mass is 19.1. The number of allylic oxidation sites excluding steroid dienone is 1.